The van der Waals surface area contributed by atoms with Gasteiger partial charge >= 0.3 is 5.97 Å². The number of furan rings is 1. The summed E-state index contributed by atoms with van der Waals surface area (Å²) < 4.78 is 17.2. The molecule has 176 valence electrons. The Morgan fingerprint density at radius 1 is 1.41 bits per heavy atom. The Labute approximate surface area is 195 Å². The van der Waals surface area contributed by atoms with E-state index < -0.39 is 33.9 Å². The van der Waals surface area contributed by atoms with Gasteiger partial charge in [0.25, 0.3) is 11.2 Å². The number of nitro groups is 1. The van der Waals surface area contributed by atoms with E-state index in [1.165, 1.54) is 30.1 Å². The molecule has 2 aromatic heterocycles. The maximum absolute atomic E-state index is 13.4. The second-order valence-corrected chi connectivity index (χ2v) is 8.16. The molecule has 0 aliphatic carbocycles. The van der Waals surface area contributed by atoms with Crippen LogP contribution in [0.1, 0.15) is 31.2 Å². The maximum Gasteiger partial charge on any atom is 0.338 e. The van der Waals surface area contributed by atoms with Crippen molar-refractivity contribution < 1.29 is 28.7 Å². The van der Waals surface area contributed by atoms with Crippen LogP contribution in [-0.4, -0.2) is 29.2 Å². The normalized spacial score (nSPS) is 15.6. The Bertz CT molecular complexity index is 1500. The fourth-order valence-electron chi connectivity index (χ4n) is 3.64. The summed E-state index contributed by atoms with van der Waals surface area (Å²) in [7, 11) is 1.22. The predicted molar refractivity (Wildman–Crippen MR) is 118 cm³/mol. The molecule has 0 radical (unpaired) electrons. The molecule has 34 heavy (non-hydrogen) atoms. The van der Waals surface area contributed by atoms with Crippen LogP contribution in [-0.2, 0) is 9.53 Å². The summed E-state index contributed by atoms with van der Waals surface area (Å²) in [5, 5.41) is 23.4. The van der Waals surface area contributed by atoms with Crippen molar-refractivity contribution in [3.8, 4) is 11.5 Å². The summed E-state index contributed by atoms with van der Waals surface area (Å²) in [6, 6.07) is 4.76. The lowest BCUT2D eigenvalue weighted by Gasteiger charge is -2.22. The molecule has 0 fully saturated rings. The van der Waals surface area contributed by atoms with Gasteiger partial charge < -0.3 is 19.0 Å². The fourth-order valence-corrected chi connectivity index (χ4v) is 4.68. The van der Waals surface area contributed by atoms with Gasteiger partial charge in [-0.3, -0.25) is 19.5 Å². The van der Waals surface area contributed by atoms with Gasteiger partial charge in [-0.15, -0.1) is 0 Å². The second kappa shape index (κ2) is 8.98. The quantitative estimate of drug-likeness (QED) is 0.289. The number of ether oxygens (including phenoxy) is 2. The van der Waals surface area contributed by atoms with E-state index in [1.54, 1.807) is 26.0 Å². The molecule has 0 saturated carbocycles. The van der Waals surface area contributed by atoms with Crippen molar-refractivity contribution in [3.63, 3.8) is 0 Å². The average molecular weight is 484 g/mol. The zero-order valence-corrected chi connectivity index (χ0v) is 19.1. The third kappa shape index (κ3) is 3.88. The number of carbonyl (C=O) groups excluding carboxylic acids is 1. The van der Waals surface area contributed by atoms with E-state index in [4.69, 9.17) is 13.9 Å². The minimum absolute atomic E-state index is 0.140. The highest BCUT2D eigenvalue weighted by Gasteiger charge is 2.35. The van der Waals surface area contributed by atoms with E-state index in [-0.39, 0.29) is 28.0 Å². The van der Waals surface area contributed by atoms with Crippen molar-refractivity contribution in [2.45, 2.75) is 19.9 Å². The van der Waals surface area contributed by atoms with Gasteiger partial charge in [-0.2, -0.15) is 0 Å². The molecule has 0 spiro atoms. The number of thiazole rings is 1. The molecule has 4 rings (SSSR count). The van der Waals surface area contributed by atoms with Crippen LogP contribution >= 0.6 is 11.3 Å². The minimum Gasteiger partial charge on any atom is -0.865 e. The number of aromatic nitrogens is 1. The summed E-state index contributed by atoms with van der Waals surface area (Å²) in [5.74, 6) is -1.36. The molecule has 0 saturated heterocycles. The number of carbonyl (C=O) groups is 1. The van der Waals surface area contributed by atoms with Crippen LogP contribution in [0.25, 0.3) is 6.08 Å². The molecule has 0 amide bonds. The molecule has 0 bridgehead atoms. The molecular weight excluding hydrogens is 466 g/mol. The summed E-state index contributed by atoms with van der Waals surface area (Å²) in [6.07, 6.45) is 2.83. The number of fused-ring (bicyclic) bond motifs is 1. The Kier molecular flexibility index (Phi) is 6.07. The van der Waals surface area contributed by atoms with Crippen molar-refractivity contribution in [1.82, 2.24) is 4.57 Å². The third-order valence-corrected chi connectivity index (χ3v) is 6.08. The summed E-state index contributed by atoms with van der Waals surface area (Å²) in [6.45, 7) is 3.45. The topological polar surface area (TPSA) is 149 Å². The standard InChI is InChI=1S/C22H19N3O8S/c1-4-32-21(28)17-11(2)23-22-24(18(17)14-6-5-7-33-14)20(27)16(34-22)10-12-8-13(25(29)30)19(26)15(9-12)31-3/h5-10,18,26H,4H2,1-3H3/p-1/b16-10+/t18-/m0/s1. The number of allylic oxidation sites excluding steroid dienone is 1. The molecule has 1 aromatic carbocycles. The maximum atomic E-state index is 13.4. The van der Waals surface area contributed by atoms with Crippen LogP contribution in [0.4, 0.5) is 5.69 Å². The van der Waals surface area contributed by atoms with Gasteiger partial charge in [-0.1, -0.05) is 11.3 Å². The number of esters is 1. The number of rotatable bonds is 6. The van der Waals surface area contributed by atoms with E-state index in [0.29, 0.717) is 16.3 Å². The minimum atomic E-state index is -0.902. The lowest BCUT2D eigenvalue weighted by Crippen LogP contribution is -2.39. The smallest absolute Gasteiger partial charge is 0.338 e. The van der Waals surface area contributed by atoms with Gasteiger partial charge in [0.2, 0.25) is 0 Å². The number of benzene rings is 1. The molecule has 1 atom stereocenters. The Hall–Kier alpha value is -4.19. The molecular formula is C22H18N3O8S-. The van der Waals surface area contributed by atoms with E-state index in [0.717, 1.165) is 17.4 Å². The van der Waals surface area contributed by atoms with E-state index in [9.17, 15) is 24.8 Å². The third-order valence-electron chi connectivity index (χ3n) is 5.10. The fraction of sp³-hybridized carbons (Fsp3) is 0.227. The number of hydrogen-bond donors (Lipinski definition) is 0. The van der Waals surface area contributed by atoms with Gasteiger partial charge in [-0.25, -0.2) is 9.79 Å². The number of hydrogen-bond acceptors (Lipinski definition) is 10. The zero-order valence-electron chi connectivity index (χ0n) is 18.3. The molecule has 12 heteroatoms. The molecule has 1 aliphatic heterocycles. The first-order valence-corrected chi connectivity index (χ1v) is 10.8. The molecule has 1 aliphatic rings. The molecule has 0 N–H and O–H groups in total. The highest BCUT2D eigenvalue weighted by molar-refractivity contribution is 7.07. The first-order chi connectivity index (χ1) is 16.3. The van der Waals surface area contributed by atoms with Crippen LogP contribution in [0.5, 0.6) is 11.5 Å². The SMILES string of the molecule is CCOC(=O)C1=C(C)N=c2s/c(=C/c3cc(OC)c([O-])c([N+](=O)[O-])c3)c(=O)n2[C@H]1c1ccco1. The van der Waals surface area contributed by atoms with Gasteiger partial charge in [0, 0.05) is 11.8 Å². The number of nitro benzene ring substituents is 1. The summed E-state index contributed by atoms with van der Waals surface area (Å²) in [5.41, 5.74) is -0.395. The second-order valence-electron chi connectivity index (χ2n) is 7.15. The first-order valence-electron chi connectivity index (χ1n) is 10.0. The predicted octanol–water partition coefficient (Wildman–Crippen LogP) is 1.38. The zero-order chi connectivity index (χ0) is 24.6. The van der Waals surface area contributed by atoms with Crippen LogP contribution in [0.2, 0.25) is 0 Å². The number of nitrogens with zero attached hydrogens (tertiary/aromatic N) is 3. The monoisotopic (exact) mass is 484 g/mol. The van der Waals surface area contributed by atoms with Crippen molar-refractivity contribution in [1.29, 1.82) is 0 Å². The number of methoxy groups -OCH3 is 1. The van der Waals surface area contributed by atoms with Gasteiger partial charge in [0.05, 0.1) is 40.7 Å². The van der Waals surface area contributed by atoms with Crippen molar-refractivity contribution >= 4 is 29.1 Å². The molecule has 3 heterocycles. The molecule has 3 aromatic rings. The lowest BCUT2D eigenvalue weighted by atomic mass is 10.0. The Balaban J connectivity index is 1.94. The van der Waals surface area contributed by atoms with E-state index >= 15 is 0 Å². The van der Waals surface area contributed by atoms with Crippen molar-refractivity contribution in [2.24, 2.45) is 4.99 Å². The molecule has 0 unspecified atom stereocenters. The van der Waals surface area contributed by atoms with E-state index in [2.05, 4.69) is 4.99 Å². The van der Waals surface area contributed by atoms with Crippen LogP contribution in [0, 0.1) is 10.1 Å². The van der Waals surface area contributed by atoms with Gasteiger partial charge in [-0.05, 0) is 43.7 Å². The average Bonchev–Trinajstić information content (AvgIpc) is 3.42. The largest absolute Gasteiger partial charge is 0.865 e. The van der Waals surface area contributed by atoms with Crippen LogP contribution < -0.4 is 24.7 Å². The molecule has 11 nitrogen and oxygen atoms in total. The lowest BCUT2D eigenvalue weighted by molar-refractivity contribution is -0.398. The highest BCUT2D eigenvalue weighted by atomic mass is 32.1. The first kappa shape index (κ1) is 23.0. The highest BCUT2D eigenvalue weighted by Crippen LogP contribution is 2.35. The summed E-state index contributed by atoms with van der Waals surface area (Å²) in [4.78, 5) is 41.4. The van der Waals surface area contributed by atoms with Crippen LogP contribution in [0.15, 0.2) is 56.0 Å². The van der Waals surface area contributed by atoms with Gasteiger partial charge in [0.15, 0.2) is 4.80 Å². The Morgan fingerprint density at radius 2 is 2.18 bits per heavy atom. The Morgan fingerprint density at radius 3 is 2.79 bits per heavy atom. The van der Waals surface area contributed by atoms with Crippen LogP contribution in [0.3, 0.4) is 0 Å². The van der Waals surface area contributed by atoms with Crippen molar-refractivity contribution in [2.75, 3.05) is 13.7 Å². The van der Waals surface area contributed by atoms with Crippen molar-refractivity contribution in [3.05, 3.63) is 82.9 Å². The summed E-state index contributed by atoms with van der Waals surface area (Å²) >= 11 is 1.03. The van der Waals surface area contributed by atoms with Gasteiger partial charge in [0.1, 0.15) is 17.6 Å². The van der Waals surface area contributed by atoms with E-state index in [1.807, 2.05) is 0 Å².